The number of aliphatic hydroxyl groups excluding tert-OH is 4. The molecule has 22 nitrogen and oxygen atoms in total. The summed E-state index contributed by atoms with van der Waals surface area (Å²) in [6.07, 6.45) is 0.110. The Balaban J connectivity index is 0.000000332. The van der Waals surface area contributed by atoms with E-state index >= 15 is 0 Å². The Morgan fingerprint density at radius 1 is 0.717 bits per heavy atom. The van der Waals surface area contributed by atoms with Gasteiger partial charge in [0.25, 0.3) is 11.4 Å². The third-order valence-electron chi connectivity index (χ3n) is 7.86. The van der Waals surface area contributed by atoms with Gasteiger partial charge in [0.05, 0.1) is 65.7 Å². The molecule has 326 valence electrons. The monoisotopic (exact) mass is 880 g/mol. The van der Waals surface area contributed by atoms with Crippen LogP contribution in [0.2, 0.25) is 0 Å². The third-order valence-corrected chi connectivity index (χ3v) is 11.3. The van der Waals surface area contributed by atoms with Gasteiger partial charge in [0.15, 0.2) is 9.79 Å². The lowest BCUT2D eigenvalue weighted by atomic mass is 10.3. The summed E-state index contributed by atoms with van der Waals surface area (Å²) in [5.74, 6) is 0.0855. The Labute approximate surface area is 344 Å². The topological polar surface area (TPSA) is 321 Å². The molecule has 2 aromatic carbocycles. The Hall–Kier alpha value is -5.73. The number of nitrogens with zero attached hydrogens (tertiary/aromatic N) is 5. The van der Waals surface area contributed by atoms with E-state index in [-0.39, 0.29) is 95.9 Å². The quantitative estimate of drug-likeness (QED) is 0.0306. The molecule has 0 aliphatic rings. The van der Waals surface area contributed by atoms with Gasteiger partial charge in [-0.3, -0.25) is 35.0 Å². The number of pyridine rings is 2. The zero-order chi connectivity index (χ0) is 44.3. The number of carbonyl (C=O) groups is 1. The molecule has 0 spiro atoms. The van der Waals surface area contributed by atoms with Crippen molar-refractivity contribution in [1.82, 2.24) is 19.0 Å². The number of sulfonamides is 2. The van der Waals surface area contributed by atoms with Crippen LogP contribution < -0.4 is 14.2 Å². The summed E-state index contributed by atoms with van der Waals surface area (Å²) in [5.41, 5.74) is 0.0446. The highest BCUT2D eigenvalue weighted by molar-refractivity contribution is 7.89. The van der Waals surface area contributed by atoms with Crippen LogP contribution in [0.3, 0.4) is 0 Å². The van der Waals surface area contributed by atoms with Crippen LogP contribution in [0, 0.1) is 20.2 Å². The number of esters is 1. The van der Waals surface area contributed by atoms with Gasteiger partial charge >= 0.3 is 5.97 Å². The van der Waals surface area contributed by atoms with Crippen LogP contribution in [0.15, 0.2) is 82.6 Å². The summed E-state index contributed by atoms with van der Waals surface area (Å²) in [6.45, 7) is -0.209. The first-order valence-corrected chi connectivity index (χ1v) is 20.8. The number of benzene rings is 2. The number of nitro benzene ring substituents is 2. The number of nitro groups is 2. The fraction of sp³-hybridized carbons (Fsp3) is 0.361. The molecule has 2 aromatic heterocycles. The second-order valence-electron chi connectivity index (χ2n) is 12.1. The van der Waals surface area contributed by atoms with E-state index in [1.807, 2.05) is 0 Å². The van der Waals surface area contributed by atoms with Gasteiger partial charge in [-0.2, -0.15) is 4.31 Å². The molecule has 0 unspecified atom stereocenters. The van der Waals surface area contributed by atoms with Gasteiger partial charge in [-0.1, -0.05) is 24.3 Å². The molecule has 60 heavy (non-hydrogen) atoms. The molecule has 0 bridgehead atoms. The summed E-state index contributed by atoms with van der Waals surface area (Å²) in [6, 6.07) is 15.8. The zero-order valence-electron chi connectivity index (χ0n) is 32.2. The van der Waals surface area contributed by atoms with Gasteiger partial charge in [-0.05, 0) is 25.5 Å². The maximum absolute atomic E-state index is 13.3. The highest BCUT2D eigenvalue weighted by Gasteiger charge is 2.31. The largest absolute Gasteiger partial charge is 0.492 e. The minimum absolute atomic E-state index is 0.0261. The van der Waals surface area contributed by atoms with Crippen molar-refractivity contribution in [1.29, 1.82) is 0 Å². The van der Waals surface area contributed by atoms with Crippen molar-refractivity contribution >= 4 is 37.4 Å². The van der Waals surface area contributed by atoms with Gasteiger partial charge in [0.2, 0.25) is 20.0 Å². The molecule has 2 heterocycles. The van der Waals surface area contributed by atoms with Crippen molar-refractivity contribution in [2.24, 2.45) is 0 Å². The SMILES string of the molecule is CCOC(=O)CCCN(CCOc1cc(CO)nc(CO)c1)S(=O)(=O)c1ccccc1[N+](=O)[O-].O=[N+]([O-])c1ccccc1S(=O)(=O)NCCOc1cc(CO)nc(CO)c1. The molecule has 0 radical (unpaired) electrons. The van der Waals surface area contributed by atoms with Gasteiger partial charge < -0.3 is 34.6 Å². The summed E-state index contributed by atoms with van der Waals surface area (Å²) in [5, 5.41) is 59.1. The van der Waals surface area contributed by atoms with E-state index in [2.05, 4.69) is 14.7 Å². The van der Waals surface area contributed by atoms with Crippen LogP contribution in [0.4, 0.5) is 11.4 Å². The van der Waals surface area contributed by atoms with E-state index in [0.29, 0.717) is 17.1 Å². The van der Waals surface area contributed by atoms with E-state index in [4.69, 9.17) is 24.4 Å². The average Bonchev–Trinajstić information content (AvgIpc) is 3.24. The van der Waals surface area contributed by atoms with Crippen LogP contribution in [-0.2, 0) is 56.0 Å². The lowest BCUT2D eigenvalue weighted by molar-refractivity contribution is -0.388. The average molecular weight is 881 g/mol. The Bertz CT molecular complexity index is 2250. The summed E-state index contributed by atoms with van der Waals surface area (Å²) >= 11 is 0. The third kappa shape index (κ3) is 14.5. The van der Waals surface area contributed by atoms with Crippen molar-refractivity contribution in [2.45, 2.75) is 56.0 Å². The fourth-order valence-corrected chi connectivity index (χ4v) is 8.01. The van der Waals surface area contributed by atoms with Crippen molar-refractivity contribution in [2.75, 3.05) is 39.5 Å². The fourth-order valence-electron chi connectivity index (χ4n) is 5.20. The van der Waals surface area contributed by atoms with E-state index in [0.717, 1.165) is 28.6 Å². The molecule has 0 aliphatic carbocycles. The van der Waals surface area contributed by atoms with Crippen LogP contribution in [0.25, 0.3) is 0 Å². The lowest BCUT2D eigenvalue weighted by Gasteiger charge is -2.22. The molecule has 0 amide bonds. The molecule has 5 N–H and O–H groups in total. The van der Waals surface area contributed by atoms with Gasteiger partial charge in [0, 0.05) is 62.5 Å². The predicted molar refractivity (Wildman–Crippen MR) is 209 cm³/mol. The molecular formula is C36H44N6O16S2. The molecular weight excluding hydrogens is 837 g/mol. The number of aromatic nitrogens is 2. The highest BCUT2D eigenvalue weighted by atomic mass is 32.2. The van der Waals surface area contributed by atoms with Crippen molar-refractivity contribution in [3.8, 4) is 11.5 Å². The smallest absolute Gasteiger partial charge is 0.305 e. The molecule has 0 fully saturated rings. The molecule has 4 aromatic rings. The van der Waals surface area contributed by atoms with Crippen molar-refractivity contribution < 1.29 is 66.1 Å². The summed E-state index contributed by atoms with van der Waals surface area (Å²) < 4.78 is 70.1. The second-order valence-corrected chi connectivity index (χ2v) is 15.7. The van der Waals surface area contributed by atoms with Gasteiger partial charge in [0.1, 0.15) is 24.7 Å². The maximum Gasteiger partial charge on any atom is 0.305 e. The first-order chi connectivity index (χ1) is 28.6. The number of para-hydroxylation sites is 2. The van der Waals surface area contributed by atoms with Gasteiger partial charge in [-0.25, -0.2) is 21.6 Å². The number of carbonyl (C=O) groups excluding carboxylic acids is 1. The first kappa shape index (κ1) is 48.6. The molecule has 24 heteroatoms. The lowest BCUT2D eigenvalue weighted by Crippen LogP contribution is -2.36. The maximum atomic E-state index is 13.3. The molecule has 0 saturated carbocycles. The normalized spacial score (nSPS) is 11.4. The summed E-state index contributed by atoms with van der Waals surface area (Å²) in [7, 11) is -8.38. The molecule has 4 rings (SSSR count). The number of aliphatic hydroxyl groups is 4. The Morgan fingerprint density at radius 2 is 1.17 bits per heavy atom. The Kier molecular flexibility index (Phi) is 19.3. The predicted octanol–water partition coefficient (Wildman–Crippen LogP) is 1.72. The van der Waals surface area contributed by atoms with Crippen LogP contribution >= 0.6 is 0 Å². The van der Waals surface area contributed by atoms with Crippen LogP contribution in [0.5, 0.6) is 11.5 Å². The van der Waals surface area contributed by atoms with E-state index < -0.39 is 57.0 Å². The first-order valence-electron chi connectivity index (χ1n) is 17.9. The zero-order valence-corrected chi connectivity index (χ0v) is 33.8. The minimum atomic E-state index is -4.30. The van der Waals surface area contributed by atoms with Crippen molar-refractivity contribution in [3.63, 3.8) is 0 Å². The number of rotatable bonds is 23. The van der Waals surface area contributed by atoms with Gasteiger partial charge in [-0.15, -0.1) is 0 Å². The molecule has 0 saturated heterocycles. The highest BCUT2D eigenvalue weighted by Crippen LogP contribution is 2.27. The Morgan fingerprint density at radius 3 is 1.63 bits per heavy atom. The van der Waals surface area contributed by atoms with E-state index in [9.17, 15) is 52.1 Å². The molecule has 0 aliphatic heterocycles. The minimum Gasteiger partial charge on any atom is -0.492 e. The number of ether oxygens (including phenoxy) is 3. The number of hydrogen-bond acceptors (Lipinski definition) is 18. The van der Waals surface area contributed by atoms with Crippen molar-refractivity contribution in [3.05, 3.63) is 116 Å². The number of hydrogen-bond donors (Lipinski definition) is 5. The second kappa shape index (κ2) is 23.8. The molecule has 0 atom stereocenters. The van der Waals surface area contributed by atoms with Crippen LogP contribution in [0.1, 0.15) is 42.5 Å². The van der Waals surface area contributed by atoms with E-state index in [1.54, 1.807) is 6.92 Å². The van der Waals surface area contributed by atoms with Crippen LogP contribution in [-0.4, -0.2) is 107 Å². The van der Waals surface area contributed by atoms with E-state index in [1.165, 1.54) is 48.5 Å². The number of nitrogens with one attached hydrogen (secondary N) is 1. The standard InChI is InChI=1S/C21H27N3O9S.C15H17N3O7S/c1-2-32-21(27)8-5-9-23(34(30,31)20-7-4-3-6-19(20)24(28)29)10-11-33-18-12-16(14-25)22-17(13-18)15-26;19-9-11-7-13(8-12(10-20)17-11)25-6-5-16-26(23,24)15-4-2-1-3-14(15)18(21)22/h3-4,6-7,12-13,25-26H,2,5,8-11,14-15H2,1H3;1-4,7-8,16,19-20H,5-6,9-10H2. The summed E-state index contributed by atoms with van der Waals surface area (Å²) in [4.78, 5) is 39.5.